The molecule has 2 unspecified atom stereocenters. The van der Waals surface area contributed by atoms with Crippen LogP contribution in [0, 0.1) is 6.92 Å². The Morgan fingerprint density at radius 1 is 1.44 bits per heavy atom. The summed E-state index contributed by atoms with van der Waals surface area (Å²) in [6, 6.07) is 8.10. The predicted octanol–water partition coefficient (Wildman–Crippen LogP) is 2.43. The van der Waals surface area contributed by atoms with Crippen LogP contribution in [0.15, 0.2) is 24.3 Å². The second kappa shape index (κ2) is 6.21. The monoisotopic (exact) mass is 268 g/mol. The molecular formula is C14H21ClN2O. The van der Waals surface area contributed by atoms with E-state index < -0.39 is 6.04 Å². The van der Waals surface area contributed by atoms with Gasteiger partial charge in [-0.3, -0.25) is 4.79 Å². The minimum Gasteiger partial charge on any atom is -0.334 e. The maximum absolute atomic E-state index is 12.0. The Kier molecular flexibility index (Phi) is 5.17. The van der Waals surface area contributed by atoms with E-state index in [2.05, 4.69) is 19.1 Å². The van der Waals surface area contributed by atoms with Gasteiger partial charge in [0.1, 0.15) is 0 Å². The molecule has 2 atom stereocenters. The molecule has 0 aliphatic carbocycles. The summed E-state index contributed by atoms with van der Waals surface area (Å²) in [4.78, 5) is 14.0. The second-order valence-corrected chi connectivity index (χ2v) is 4.83. The number of hydrogen-bond acceptors (Lipinski definition) is 2. The van der Waals surface area contributed by atoms with Crippen molar-refractivity contribution in [3.05, 3.63) is 35.4 Å². The van der Waals surface area contributed by atoms with Gasteiger partial charge in [0.15, 0.2) is 0 Å². The maximum Gasteiger partial charge on any atom is 0.239 e. The van der Waals surface area contributed by atoms with Crippen molar-refractivity contribution >= 4 is 18.3 Å². The fraction of sp³-hybridized carbons (Fsp3) is 0.500. The average Bonchev–Trinajstić information content (AvgIpc) is 2.77. The van der Waals surface area contributed by atoms with Crippen molar-refractivity contribution in [2.45, 2.75) is 38.8 Å². The van der Waals surface area contributed by atoms with Crippen LogP contribution in [-0.4, -0.2) is 23.4 Å². The number of nitrogens with zero attached hydrogens (tertiary/aromatic N) is 1. The van der Waals surface area contributed by atoms with Crippen LogP contribution in [0.3, 0.4) is 0 Å². The van der Waals surface area contributed by atoms with E-state index in [0.717, 1.165) is 19.4 Å². The van der Waals surface area contributed by atoms with Crippen LogP contribution < -0.4 is 5.73 Å². The van der Waals surface area contributed by atoms with Gasteiger partial charge in [0.25, 0.3) is 0 Å². The van der Waals surface area contributed by atoms with Gasteiger partial charge in [-0.2, -0.15) is 0 Å². The molecule has 18 heavy (non-hydrogen) atoms. The lowest BCUT2D eigenvalue weighted by Gasteiger charge is -2.27. The van der Waals surface area contributed by atoms with Crippen LogP contribution in [0.25, 0.3) is 0 Å². The number of carbonyl (C=O) groups is 1. The van der Waals surface area contributed by atoms with E-state index in [0.29, 0.717) is 0 Å². The average molecular weight is 269 g/mol. The zero-order chi connectivity index (χ0) is 12.4. The number of halogens is 1. The third-order valence-corrected chi connectivity index (χ3v) is 3.47. The lowest BCUT2D eigenvalue weighted by atomic mass is 9.99. The Morgan fingerprint density at radius 3 is 2.72 bits per heavy atom. The first-order valence-corrected chi connectivity index (χ1v) is 6.23. The van der Waals surface area contributed by atoms with E-state index in [1.807, 2.05) is 17.0 Å². The molecule has 0 radical (unpaired) electrons. The molecule has 2 rings (SSSR count). The van der Waals surface area contributed by atoms with Gasteiger partial charge in [0, 0.05) is 6.54 Å². The van der Waals surface area contributed by atoms with Crippen molar-refractivity contribution in [3.8, 4) is 0 Å². The molecule has 1 aliphatic heterocycles. The Balaban J connectivity index is 0.00000162. The summed E-state index contributed by atoms with van der Waals surface area (Å²) in [6.07, 6.45) is 2.11. The number of benzene rings is 1. The Morgan fingerprint density at radius 2 is 2.11 bits per heavy atom. The zero-order valence-electron chi connectivity index (χ0n) is 10.9. The number of rotatable bonds is 2. The van der Waals surface area contributed by atoms with Crippen LogP contribution in [-0.2, 0) is 4.79 Å². The Hall–Kier alpha value is -1.06. The third kappa shape index (κ3) is 2.85. The zero-order valence-corrected chi connectivity index (χ0v) is 11.7. The number of amides is 1. The van der Waals surface area contributed by atoms with Gasteiger partial charge in [-0.15, -0.1) is 12.4 Å². The van der Waals surface area contributed by atoms with E-state index >= 15 is 0 Å². The summed E-state index contributed by atoms with van der Waals surface area (Å²) in [7, 11) is 0. The normalized spacial score (nSPS) is 20.4. The number of likely N-dealkylation sites (tertiary alicyclic amines) is 1. The van der Waals surface area contributed by atoms with Crippen LogP contribution in [0.5, 0.6) is 0 Å². The smallest absolute Gasteiger partial charge is 0.239 e. The molecule has 0 spiro atoms. The van der Waals surface area contributed by atoms with Crippen molar-refractivity contribution < 1.29 is 4.79 Å². The molecule has 0 aromatic heterocycles. The van der Waals surface area contributed by atoms with Crippen LogP contribution in [0.4, 0.5) is 0 Å². The highest BCUT2D eigenvalue weighted by Gasteiger charge is 2.31. The first-order chi connectivity index (χ1) is 8.11. The maximum atomic E-state index is 12.0. The van der Waals surface area contributed by atoms with Crippen LogP contribution in [0.2, 0.25) is 0 Å². The standard InChI is InChI=1S/C14H20N2O.ClH/c1-10-6-3-4-7-12(10)13-8-5-9-16(13)14(17)11(2)15;/h3-4,6-7,11,13H,5,8-9,15H2,1-2H3;1H. The summed E-state index contributed by atoms with van der Waals surface area (Å²) >= 11 is 0. The van der Waals surface area contributed by atoms with Crippen molar-refractivity contribution in [3.63, 3.8) is 0 Å². The molecule has 100 valence electrons. The Bertz CT molecular complexity index is 420. The molecule has 1 aromatic carbocycles. The number of carbonyl (C=O) groups excluding carboxylic acids is 1. The summed E-state index contributed by atoms with van der Waals surface area (Å²) in [5, 5.41) is 0. The van der Waals surface area contributed by atoms with Gasteiger partial charge in [-0.1, -0.05) is 24.3 Å². The molecule has 0 bridgehead atoms. The molecule has 1 heterocycles. The largest absolute Gasteiger partial charge is 0.334 e. The molecular weight excluding hydrogens is 248 g/mol. The highest BCUT2D eigenvalue weighted by atomic mass is 35.5. The molecule has 1 amide bonds. The van der Waals surface area contributed by atoms with Gasteiger partial charge in [0.05, 0.1) is 12.1 Å². The van der Waals surface area contributed by atoms with Gasteiger partial charge >= 0.3 is 0 Å². The topological polar surface area (TPSA) is 46.3 Å². The van der Waals surface area contributed by atoms with E-state index in [9.17, 15) is 4.79 Å². The molecule has 1 saturated heterocycles. The quantitative estimate of drug-likeness (QED) is 0.895. The molecule has 1 fully saturated rings. The summed E-state index contributed by atoms with van der Waals surface area (Å²) < 4.78 is 0. The summed E-state index contributed by atoms with van der Waals surface area (Å²) in [5.41, 5.74) is 8.22. The van der Waals surface area contributed by atoms with Gasteiger partial charge in [-0.25, -0.2) is 0 Å². The summed E-state index contributed by atoms with van der Waals surface area (Å²) in [6.45, 7) is 4.69. The number of nitrogens with two attached hydrogens (primary N) is 1. The van der Waals surface area contributed by atoms with Crippen molar-refractivity contribution in [2.75, 3.05) is 6.54 Å². The van der Waals surface area contributed by atoms with Gasteiger partial charge < -0.3 is 10.6 Å². The molecule has 1 aliphatic rings. The highest BCUT2D eigenvalue weighted by Crippen LogP contribution is 2.33. The van der Waals surface area contributed by atoms with E-state index in [1.165, 1.54) is 11.1 Å². The van der Waals surface area contributed by atoms with Gasteiger partial charge in [-0.05, 0) is 37.8 Å². The first-order valence-electron chi connectivity index (χ1n) is 6.23. The van der Waals surface area contributed by atoms with Crippen molar-refractivity contribution in [2.24, 2.45) is 5.73 Å². The third-order valence-electron chi connectivity index (χ3n) is 3.47. The molecule has 4 heteroatoms. The number of aryl methyl sites for hydroxylation is 1. The first kappa shape index (κ1) is 15.0. The highest BCUT2D eigenvalue weighted by molar-refractivity contribution is 5.85. The molecule has 0 saturated carbocycles. The minimum absolute atomic E-state index is 0. The molecule has 1 aromatic rings. The van der Waals surface area contributed by atoms with Crippen LogP contribution in [0.1, 0.15) is 36.9 Å². The fourth-order valence-electron chi connectivity index (χ4n) is 2.58. The van der Waals surface area contributed by atoms with Crippen molar-refractivity contribution in [1.82, 2.24) is 4.90 Å². The van der Waals surface area contributed by atoms with Crippen LogP contribution >= 0.6 is 12.4 Å². The number of hydrogen-bond donors (Lipinski definition) is 1. The van der Waals surface area contributed by atoms with Crippen molar-refractivity contribution in [1.29, 1.82) is 0 Å². The summed E-state index contributed by atoms with van der Waals surface area (Å²) in [5.74, 6) is 0.0655. The predicted molar refractivity (Wildman–Crippen MR) is 75.8 cm³/mol. The lowest BCUT2D eigenvalue weighted by molar-refractivity contribution is -0.133. The fourth-order valence-corrected chi connectivity index (χ4v) is 2.58. The second-order valence-electron chi connectivity index (χ2n) is 4.83. The van der Waals surface area contributed by atoms with E-state index in [-0.39, 0.29) is 24.4 Å². The molecule has 2 N–H and O–H groups in total. The van der Waals surface area contributed by atoms with E-state index in [1.54, 1.807) is 6.92 Å². The van der Waals surface area contributed by atoms with E-state index in [4.69, 9.17) is 5.73 Å². The molecule has 3 nitrogen and oxygen atoms in total. The Labute approximate surface area is 115 Å². The SMILES string of the molecule is Cc1ccccc1C1CCCN1C(=O)C(C)N.Cl. The lowest BCUT2D eigenvalue weighted by Crippen LogP contribution is -2.41. The minimum atomic E-state index is -0.403. The van der Waals surface area contributed by atoms with Gasteiger partial charge in [0.2, 0.25) is 5.91 Å².